The fourth-order valence-electron chi connectivity index (χ4n) is 3.96. The Bertz CT molecular complexity index is 804. The first-order chi connectivity index (χ1) is 12.4. The molecule has 3 atom stereocenters. The molecule has 1 saturated carbocycles. The molecule has 136 valence electrons. The highest BCUT2D eigenvalue weighted by molar-refractivity contribution is 5.77. The Hall–Kier alpha value is -2.16. The van der Waals surface area contributed by atoms with Crippen LogP contribution < -0.4 is 0 Å². The van der Waals surface area contributed by atoms with Crippen molar-refractivity contribution in [1.29, 1.82) is 0 Å². The molecule has 1 aromatic heterocycles. The Morgan fingerprint density at radius 3 is 2.65 bits per heavy atom. The van der Waals surface area contributed by atoms with Gasteiger partial charge in [0.25, 0.3) is 0 Å². The summed E-state index contributed by atoms with van der Waals surface area (Å²) in [5, 5.41) is 0. The zero-order valence-corrected chi connectivity index (χ0v) is 15.9. The lowest BCUT2D eigenvalue weighted by Crippen LogP contribution is -2.19. The van der Waals surface area contributed by atoms with Gasteiger partial charge in [-0.1, -0.05) is 51.1 Å². The van der Waals surface area contributed by atoms with Crippen molar-refractivity contribution < 1.29 is 9.53 Å². The number of benzene rings is 1. The number of esters is 1. The number of carbonyl (C=O) groups is 1. The number of fused-ring (bicyclic) bond motifs is 1. The summed E-state index contributed by atoms with van der Waals surface area (Å²) in [5.74, 6) is 0.256. The summed E-state index contributed by atoms with van der Waals surface area (Å²) in [7, 11) is 0. The maximum absolute atomic E-state index is 12.6. The smallest absolute Gasteiger partial charge is 0.310 e. The molecule has 2 aliphatic rings. The molecule has 4 rings (SSSR count). The molecule has 26 heavy (non-hydrogen) atoms. The van der Waals surface area contributed by atoms with Crippen LogP contribution in [0.2, 0.25) is 0 Å². The van der Waals surface area contributed by atoms with Crippen LogP contribution in [0.1, 0.15) is 74.4 Å². The van der Waals surface area contributed by atoms with Crippen molar-refractivity contribution in [3.8, 4) is 0 Å². The third-order valence-electron chi connectivity index (χ3n) is 5.70. The van der Waals surface area contributed by atoms with E-state index in [1.165, 1.54) is 16.7 Å². The molecule has 1 aromatic carbocycles. The number of aryl methyl sites for hydroxylation is 1. The van der Waals surface area contributed by atoms with Crippen LogP contribution in [-0.4, -0.2) is 11.0 Å². The van der Waals surface area contributed by atoms with E-state index < -0.39 is 0 Å². The Morgan fingerprint density at radius 2 is 1.92 bits per heavy atom. The quantitative estimate of drug-likeness (QED) is 0.723. The maximum Gasteiger partial charge on any atom is 0.310 e. The molecule has 0 amide bonds. The second kappa shape index (κ2) is 6.53. The number of ether oxygens (including phenoxy) is 1. The Kier molecular flexibility index (Phi) is 4.34. The van der Waals surface area contributed by atoms with Gasteiger partial charge in [0.15, 0.2) is 0 Å². The molecule has 0 saturated heterocycles. The van der Waals surface area contributed by atoms with E-state index >= 15 is 0 Å². The molecule has 3 nitrogen and oxygen atoms in total. The topological polar surface area (TPSA) is 39.2 Å². The third kappa shape index (κ3) is 3.40. The minimum absolute atomic E-state index is 0.00424. The zero-order valence-electron chi connectivity index (χ0n) is 15.9. The van der Waals surface area contributed by atoms with Gasteiger partial charge in [0.2, 0.25) is 0 Å². The summed E-state index contributed by atoms with van der Waals surface area (Å²) in [5.41, 5.74) is 4.91. The largest absolute Gasteiger partial charge is 0.456 e. The zero-order chi connectivity index (χ0) is 18.3. The molecular formula is C23H27NO2. The second-order valence-corrected chi connectivity index (χ2v) is 8.69. The number of pyridine rings is 1. The van der Waals surface area contributed by atoms with Gasteiger partial charge in [-0.25, -0.2) is 0 Å². The number of aromatic nitrogens is 1. The third-order valence-corrected chi connectivity index (χ3v) is 5.70. The number of hydrogen-bond acceptors (Lipinski definition) is 3. The van der Waals surface area contributed by atoms with Crippen LogP contribution in [0.25, 0.3) is 0 Å². The SMILES string of the molecule is CC(C)(C)c1ccc(C2CC2C(=O)OC2CCCc3cccnc32)cc1. The predicted molar refractivity (Wildman–Crippen MR) is 102 cm³/mol. The van der Waals surface area contributed by atoms with Gasteiger partial charge >= 0.3 is 5.97 Å². The summed E-state index contributed by atoms with van der Waals surface area (Å²) < 4.78 is 5.87. The monoisotopic (exact) mass is 349 g/mol. The lowest BCUT2D eigenvalue weighted by atomic mass is 9.86. The van der Waals surface area contributed by atoms with Gasteiger partial charge < -0.3 is 4.74 Å². The molecule has 1 heterocycles. The van der Waals surface area contributed by atoms with Crippen LogP contribution in [-0.2, 0) is 21.4 Å². The van der Waals surface area contributed by atoms with Gasteiger partial charge in [0.1, 0.15) is 6.10 Å². The Balaban J connectivity index is 1.41. The molecule has 0 spiro atoms. The van der Waals surface area contributed by atoms with Crippen LogP contribution >= 0.6 is 0 Å². The van der Waals surface area contributed by atoms with E-state index in [9.17, 15) is 4.79 Å². The first-order valence-corrected chi connectivity index (χ1v) is 9.68. The molecule has 0 aliphatic heterocycles. The van der Waals surface area contributed by atoms with Crippen LogP contribution in [0.3, 0.4) is 0 Å². The molecule has 0 radical (unpaired) electrons. The first-order valence-electron chi connectivity index (χ1n) is 9.68. The molecule has 2 aromatic rings. The van der Waals surface area contributed by atoms with Gasteiger partial charge in [0.05, 0.1) is 11.6 Å². The van der Waals surface area contributed by atoms with Crippen molar-refractivity contribution in [2.45, 2.75) is 63.9 Å². The first kappa shape index (κ1) is 17.3. The Morgan fingerprint density at radius 1 is 1.15 bits per heavy atom. The number of hydrogen-bond donors (Lipinski definition) is 0. The molecule has 1 fully saturated rings. The average Bonchev–Trinajstić information content (AvgIpc) is 3.42. The van der Waals surface area contributed by atoms with Crippen LogP contribution in [0.5, 0.6) is 0 Å². The highest BCUT2D eigenvalue weighted by Crippen LogP contribution is 2.49. The summed E-state index contributed by atoms with van der Waals surface area (Å²) >= 11 is 0. The second-order valence-electron chi connectivity index (χ2n) is 8.69. The molecule has 0 N–H and O–H groups in total. The Labute approximate surface area is 155 Å². The molecule has 2 aliphatic carbocycles. The number of carbonyl (C=O) groups excluding carboxylic acids is 1. The maximum atomic E-state index is 12.6. The highest BCUT2D eigenvalue weighted by atomic mass is 16.5. The predicted octanol–water partition coefficient (Wildman–Crippen LogP) is 5.10. The van der Waals surface area contributed by atoms with E-state index in [0.29, 0.717) is 5.92 Å². The lowest BCUT2D eigenvalue weighted by Gasteiger charge is -2.24. The minimum atomic E-state index is -0.169. The number of rotatable bonds is 3. The van der Waals surface area contributed by atoms with Gasteiger partial charge in [0, 0.05) is 6.20 Å². The van der Waals surface area contributed by atoms with Crippen molar-refractivity contribution in [2.75, 3.05) is 0 Å². The fourth-order valence-corrected chi connectivity index (χ4v) is 3.96. The van der Waals surface area contributed by atoms with Crippen molar-refractivity contribution in [3.05, 3.63) is 65.0 Å². The van der Waals surface area contributed by atoms with E-state index in [-0.39, 0.29) is 23.4 Å². The molecule has 3 heteroatoms. The molecule has 3 unspecified atom stereocenters. The average molecular weight is 349 g/mol. The van der Waals surface area contributed by atoms with Gasteiger partial charge in [-0.3, -0.25) is 9.78 Å². The van der Waals surface area contributed by atoms with Crippen LogP contribution in [0, 0.1) is 5.92 Å². The van der Waals surface area contributed by atoms with Gasteiger partial charge in [-0.2, -0.15) is 0 Å². The minimum Gasteiger partial charge on any atom is -0.456 e. The van der Waals surface area contributed by atoms with E-state index in [2.05, 4.69) is 56.1 Å². The van der Waals surface area contributed by atoms with Crippen molar-refractivity contribution in [1.82, 2.24) is 4.98 Å². The van der Waals surface area contributed by atoms with Crippen molar-refractivity contribution in [2.24, 2.45) is 5.92 Å². The highest BCUT2D eigenvalue weighted by Gasteiger charge is 2.46. The van der Waals surface area contributed by atoms with E-state index in [1.54, 1.807) is 6.20 Å². The molecular weight excluding hydrogens is 322 g/mol. The fraction of sp³-hybridized carbons (Fsp3) is 0.478. The van der Waals surface area contributed by atoms with Crippen molar-refractivity contribution in [3.63, 3.8) is 0 Å². The standard InChI is InChI=1S/C23H27NO2/c1-23(2,3)17-11-9-15(10-12-17)18-14-19(18)22(25)26-20-8-4-6-16-7-5-13-24-21(16)20/h5,7,9-13,18-20H,4,6,8,14H2,1-3H3. The lowest BCUT2D eigenvalue weighted by molar-refractivity contribution is -0.152. The molecule has 0 bridgehead atoms. The van der Waals surface area contributed by atoms with E-state index in [4.69, 9.17) is 4.74 Å². The summed E-state index contributed by atoms with van der Waals surface area (Å²) in [6.45, 7) is 6.65. The van der Waals surface area contributed by atoms with E-state index in [1.807, 2.05) is 6.07 Å². The summed E-state index contributed by atoms with van der Waals surface area (Å²) in [6.07, 6.45) is 5.49. The van der Waals surface area contributed by atoms with Gasteiger partial charge in [-0.15, -0.1) is 0 Å². The van der Waals surface area contributed by atoms with E-state index in [0.717, 1.165) is 31.4 Å². The van der Waals surface area contributed by atoms with Crippen molar-refractivity contribution >= 4 is 5.97 Å². The number of nitrogens with zero attached hydrogens (tertiary/aromatic N) is 1. The summed E-state index contributed by atoms with van der Waals surface area (Å²) in [4.78, 5) is 17.1. The normalized spacial score (nSPS) is 24.7. The summed E-state index contributed by atoms with van der Waals surface area (Å²) in [6, 6.07) is 12.8. The van der Waals surface area contributed by atoms with Crippen LogP contribution in [0.15, 0.2) is 42.6 Å². The van der Waals surface area contributed by atoms with Gasteiger partial charge in [-0.05, 0) is 59.8 Å². The van der Waals surface area contributed by atoms with Crippen LogP contribution in [0.4, 0.5) is 0 Å².